The Morgan fingerprint density at radius 1 is 0.931 bits per heavy atom. The van der Waals surface area contributed by atoms with Crippen molar-refractivity contribution in [2.45, 2.75) is 13.3 Å². The number of nitrogens with one attached hydrogen (secondary N) is 2. The summed E-state index contributed by atoms with van der Waals surface area (Å²) in [4.78, 5) is 21.3. The molecule has 1 aromatic heterocycles. The van der Waals surface area contributed by atoms with E-state index in [1.807, 2.05) is 31.2 Å². The molecule has 2 N–H and O–H groups in total. The Balaban J connectivity index is 1.61. The highest BCUT2D eigenvalue weighted by Crippen LogP contribution is 2.16. The molecule has 0 aliphatic rings. The average Bonchev–Trinajstić information content (AvgIpc) is 2.74. The number of methoxy groups -OCH3 is 2. The number of nitrogens with zero attached hydrogens (tertiary/aromatic N) is 2. The summed E-state index contributed by atoms with van der Waals surface area (Å²) >= 11 is 0. The maximum absolute atomic E-state index is 12.6. The third-order valence-electron chi connectivity index (χ3n) is 4.29. The quantitative estimate of drug-likeness (QED) is 0.608. The van der Waals surface area contributed by atoms with E-state index in [2.05, 4.69) is 20.6 Å². The fourth-order valence-electron chi connectivity index (χ4n) is 2.74. The number of anilines is 2. The lowest BCUT2D eigenvalue weighted by Crippen LogP contribution is -2.16. The summed E-state index contributed by atoms with van der Waals surface area (Å²) in [7, 11) is 3.24. The van der Waals surface area contributed by atoms with Crippen molar-refractivity contribution in [1.29, 1.82) is 0 Å². The number of ether oxygens (including phenoxy) is 2. The first kappa shape index (κ1) is 20.1. The standard InChI is InChI=1S/C22H24N4O3/c1-15-14-20(21(27)25-17-6-10-19(29-3)11-7-17)26-22(24-15)23-13-12-16-4-8-18(28-2)9-5-16/h4-11,14H,12-13H2,1-3H3,(H,25,27)(H,23,24,26). The molecule has 0 fully saturated rings. The first-order valence-corrected chi connectivity index (χ1v) is 9.25. The van der Waals surface area contributed by atoms with Crippen molar-refractivity contribution < 1.29 is 14.3 Å². The molecule has 0 saturated carbocycles. The first-order chi connectivity index (χ1) is 14.1. The molecule has 0 atom stereocenters. The highest BCUT2D eigenvalue weighted by Gasteiger charge is 2.11. The number of benzene rings is 2. The largest absolute Gasteiger partial charge is 0.497 e. The molecule has 0 saturated heterocycles. The molecule has 0 aliphatic heterocycles. The van der Waals surface area contributed by atoms with Gasteiger partial charge in [0.25, 0.3) is 5.91 Å². The summed E-state index contributed by atoms with van der Waals surface area (Å²) in [5, 5.41) is 6.02. The molecule has 3 aromatic rings. The summed E-state index contributed by atoms with van der Waals surface area (Å²) in [5.41, 5.74) is 2.86. The molecule has 0 spiro atoms. The second-order valence-corrected chi connectivity index (χ2v) is 6.43. The summed E-state index contributed by atoms with van der Waals surface area (Å²) in [6.07, 6.45) is 0.800. The number of hydrogen-bond donors (Lipinski definition) is 2. The highest BCUT2D eigenvalue weighted by atomic mass is 16.5. The number of rotatable bonds is 8. The van der Waals surface area contributed by atoms with Gasteiger partial charge < -0.3 is 20.1 Å². The van der Waals surface area contributed by atoms with Gasteiger partial charge in [0.15, 0.2) is 0 Å². The minimum atomic E-state index is -0.293. The van der Waals surface area contributed by atoms with Crippen molar-refractivity contribution >= 4 is 17.5 Å². The van der Waals surface area contributed by atoms with Gasteiger partial charge in [0.2, 0.25) is 5.95 Å². The van der Waals surface area contributed by atoms with E-state index < -0.39 is 0 Å². The molecular weight excluding hydrogens is 368 g/mol. The number of hydrogen-bond acceptors (Lipinski definition) is 6. The average molecular weight is 392 g/mol. The molecule has 0 bridgehead atoms. The Hall–Kier alpha value is -3.61. The molecule has 3 rings (SSSR count). The molecule has 1 amide bonds. The Bertz CT molecular complexity index is 957. The molecule has 2 aromatic carbocycles. The van der Waals surface area contributed by atoms with Crippen molar-refractivity contribution in [2.24, 2.45) is 0 Å². The Morgan fingerprint density at radius 2 is 1.55 bits per heavy atom. The molecule has 0 radical (unpaired) electrons. The van der Waals surface area contributed by atoms with E-state index in [4.69, 9.17) is 9.47 Å². The van der Waals surface area contributed by atoms with E-state index in [-0.39, 0.29) is 5.91 Å². The molecular formula is C22H24N4O3. The number of carbonyl (C=O) groups excluding carboxylic acids is 1. The fourth-order valence-corrected chi connectivity index (χ4v) is 2.74. The van der Waals surface area contributed by atoms with E-state index in [1.165, 1.54) is 5.56 Å². The van der Waals surface area contributed by atoms with Gasteiger partial charge in [-0.3, -0.25) is 4.79 Å². The van der Waals surface area contributed by atoms with E-state index in [0.29, 0.717) is 29.6 Å². The maximum atomic E-state index is 12.6. The third kappa shape index (κ3) is 5.68. The van der Waals surface area contributed by atoms with Crippen molar-refractivity contribution in [3.63, 3.8) is 0 Å². The molecule has 150 valence electrons. The lowest BCUT2D eigenvalue weighted by molar-refractivity contribution is 0.102. The predicted octanol–water partition coefficient (Wildman–Crippen LogP) is 3.71. The van der Waals surface area contributed by atoms with Gasteiger partial charge in [0.1, 0.15) is 17.2 Å². The smallest absolute Gasteiger partial charge is 0.274 e. The lowest BCUT2D eigenvalue weighted by atomic mass is 10.1. The van der Waals surface area contributed by atoms with Gasteiger partial charge in [0.05, 0.1) is 14.2 Å². The maximum Gasteiger partial charge on any atom is 0.274 e. The van der Waals surface area contributed by atoms with Crippen LogP contribution in [0.15, 0.2) is 54.6 Å². The van der Waals surface area contributed by atoms with Crippen LogP contribution in [0.3, 0.4) is 0 Å². The topological polar surface area (TPSA) is 85.4 Å². The normalized spacial score (nSPS) is 10.3. The second kappa shape index (κ2) is 9.54. The van der Waals surface area contributed by atoms with E-state index in [1.54, 1.807) is 44.6 Å². The number of amides is 1. The number of carbonyl (C=O) groups is 1. The van der Waals surface area contributed by atoms with Gasteiger partial charge in [-0.05, 0) is 61.4 Å². The molecule has 7 nitrogen and oxygen atoms in total. The van der Waals surface area contributed by atoms with Gasteiger partial charge in [-0.15, -0.1) is 0 Å². The predicted molar refractivity (Wildman–Crippen MR) is 113 cm³/mol. The minimum absolute atomic E-state index is 0.293. The Morgan fingerprint density at radius 3 is 2.17 bits per heavy atom. The fraction of sp³-hybridized carbons (Fsp3) is 0.227. The van der Waals surface area contributed by atoms with Gasteiger partial charge in [-0.1, -0.05) is 12.1 Å². The molecule has 0 unspecified atom stereocenters. The molecule has 0 aliphatic carbocycles. The summed E-state index contributed by atoms with van der Waals surface area (Å²) in [6.45, 7) is 2.48. The van der Waals surface area contributed by atoms with Crippen LogP contribution in [-0.4, -0.2) is 36.6 Å². The van der Waals surface area contributed by atoms with Crippen LogP contribution in [0.4, 0.5) is 11.6 Å². The van der Waals surface area contributed by atoms with Crippen LogP contribution < -0.4 is 20.1 Å². The zero-order valence-electron chi connectivity index (χ0n) is 16.7. The van der Waals surface area contributed by atoms with Crippen molar-refractivity contribution in [2.75, 3.05) is 31.4 Å². The van der Waals surface area contributed by atoms with Crippen LogP contribution in [0.1, 0.15) is 21.7 Å². The van der Waals surface area contributed by atoms with Crippen molar-refractivity contribution in [3.8, 4) is 11.5 Å². The van der Waals surface area contributed by atoms with Crippen LogP contribution in [0, 0.1) is 6.92 Å². The minimum Gasteiger partial charge on any atom is -0.497 e. The van der Waals surface area contributed by atoms with E-state index >= 15 is 0 Å². The third-order valence-corrected chi connectivity index (χ3v) is 4.29. The highest BCUT2D eigenvalue weighted by molar-refractivity contribution is 6.03. The van der Waals surface area contributed by atoms with Crippen molar-refractivity contribution in [3.05, 3.63) is 71.5 Å². The van der Waals surface area contributed by atoms with Crippen LogP contribution >= 0.6 is 0 Å². The summed E-state index contributed by atoms with van der Waals surface area (Å²) < 4.78 is 10.3. The second-order valence-electron chi connectivity index (χ2n) is 6.43. The Labute approximate surface area is 170 Å². The monoisotopic (exact) mass is 392 g/mol. The zero-order chi connectivity index (χ0) is 20.6. The molecule has 1 heterocycles. The first-order valence-electron chi connectivity index (χ1n) is 9.25. The van der Waals surface area contributed by atoms with Gasteiger partial charge in [-0.25, -0.2) is 9.97 Å². The van der Waals surface area contributed by atoms with Crippen LogP contribution in [0.25, 0.3) is 0 Å². The number of aryl methyl sites for hydroxylation is 1. The van der Waals surface area contributed by atoms with Gasteiger partial charge in [-0.2, -0.15) is 0 Å². The summed E-state index contributed by atoms with van der Waals surface area (Å²) in [6, 6.07) is 16.7. The Kier molecular flexibility index (Phi) is 6.63. The van der Waals surface area contributed by atoms with E-state index in [0.717, 1.165) is 17.9 Å². The van der Waals surface area contributed by atoms with E-state index in [9.17, 15) is 4.79 Å². The van der Waals surface area contributed by atoms with Crippen LogP contribution in [0.2, 0.25) is 0 Å². The lowest BCUT2D eigenvalue weighted by Gasteiger charge is -2.09. The number of aromatic nitrogens is 2. The zero-order valence-corrected chi connectivity index (χ0v) is 16.7. The molecule has 7 heteroatoms. The van der Waals surface area contributed by atoms with Crippen LogP contribution in [-0.2, 0) is 6.42 Å². The summed E-state index contributed by atoms with van der Waals surface area (Å²) in [5.74, 6) is 1.69. The van der Waals surface area contributed by atoms with Crippen LogP contribution in [0.5, 0.6) is 11.5 Å². The van der Waals surface area contributed by atoms with Gasteiger partial charge in [0, 0.05) is 17.9 Å². The SMILES string of the molecule is COc1ccc(CCNc2nc(C)cc(C(=O)Nc3ccc(OC)cc3)n2)cc1. The van der Waals surface area contributed by atoms with Crippen molar-refractivity contribution in [1.82, 2.24) is 9.97 Å². The molecule has 29 heavy (non-hydrogen) atoms. The van der Waals surface area contributed by atoms with Gasteiger partial charge >= 0.3 is 0 Å².